The van der Waals surface area contributed by atoms with Gasteiger partial charge in [0.1, 0.15) is 17.5 Å². The van der Waals surface area contributed by atoms with Crippen molar-refractivity contribution in [2.75, 3.05) is 5.43 Å². The van der Waals surface area contributed by atoms with Gasteiger partial charge in [-0.15, -0.1) is 11.3 Å². The Morgan fingerprint density at radius 2 is 2.03 bits per heavy atom. The number of rotatable bonds is 4. The molecule has 0 amide bonds. The molecule has 0 saturated heterocycles. The summed E-state index contributed by atoms with van der Waals surface area (Å²) < 4.78 is 19.2. The van der Waals surface area contributed by atoms with Gasteiger partial charge in [0.05, 0.1) is 16.9 Å². The van der Waals surface area contributed by atoms with Crippen molar-refractivity contribution in [2.45, 2.75) is 0 Å². The van der Waals surface area contributed by atoms with Gasteiger partial charge in [-0.2, -0.15) is 10.4 Å². The molecule has 29 heavy (non-hydrogen) atoms. The lowest BCUT2D eigenvalue weighted by Crippen LogP contribution is -2.04. The first kappa shape index (κ1) is 19.0. The van der Waals surface area contributed by atoms with Gasteiger partial charge in [-0.3, -0.25) is 5.43 Å². The summed E-state index contributed by atoms with van der Waals surface area (Å²) in [7, 11) is 0. The van der Waals surface area contributed by atoms with Gasteiger partial charge in [-0.25, -0.2) is 14.2 Å². The van der Waals surface area contributed by atoms with Crippen LogP contribution in [0.2, 0.25) is 0 Å². The topological polar surface area (TPSA) is 91.3 Å². The summed E-state index contributed by atoms with van der Waals surface area (Å²) in [6.45, 7) is 0. The zero-order valence-corrected chi connectivity index (χ0v) is 16.9. The van der Waals surface area contributed by atoms with Crippen LogP contribution in [0.4, 0.5) is 10.1 Å². The Morgan fingerprint density at radius 1 is 1.24 bits per heavy atom. The van der Waals surface area contributed by atoms with Crippen molar-refractivity contribution in [3.63, 3.8) is 0 Å². The van der Waals surface area contributed by atoms with E-state index in [1.165, 1.54) is 35.6 Å². The van der Waals surface area contributed by atoms with Crippen molar-refractivity contribution in [1.29, 1.82) is 5.26 Å². The van der Waals surface area contributed by atoms with E-state index in [4.69, 9.17) is 4.42 Å². The number of halogens is 2. The highest BCUT2D eigenvalue weighted by atomic mass is 79.9. The maximum absolute atomic E-state index is 13.0. The SMILES string of the molecule is N#C/C(=N\Nc1ccc(F)cc1)c1nc(-c2cc3cc(Br)ccc3oc2=O)cs1. The summed E-state index contributed by atoms with van der Waals surface area (Å²) in [5.41, 5.74) is 3.90. The van der Waals surface area contributed by atoms with E-state index in [1.807, 2.05) is 12.1 Å². The van der Waals surface area contributed by atoms with Gasteiger partial charge >= 0.3 is 5.63 Å². The standard InChI is InChI=1S/C20H10BrFN4O2S/c21-12-1-6-18-11(7-12)8-15(20(27)28-18)17-10-29-19(24-17)16(9-23)26-25-14-4-2-13(22)3-5-14/h1-8,10,25H/b26-16+. The van der Waals surface area contributed by atoms with Crippen LogP contribution in [0.3, 0.4) is 0 Å². The molecule has 0 aliphatic carbocycles. The maximum Gasteiger partial charge on any atom is 0.345 e. The molecule has 0 unspecified atom stereocenters. The Labute approximate surface area is 176 Å². The average Bonchev–Trinajstić information content (AvgIpc) is 3.19. The molecule has 142 valence electrons. The van der Waals surface area contributed by atoms with E-state index < -0.39 is 5.63 Å². The summed E-state index contributed by atoms with van der Waals surface area (Å²) in [4.78, 5) is 16.7. The number of aromatic nitrogens is 1. The fourth-order valence-corrected chi connectivity index (χ4v) is 3.68. The van der Waals surface area contributed by atoms with Crippen molar-refractivity contribution >= 4 is 49.6 Å². The van der Waals surface area contributed by atoms with Crippen molar-refractivity contribution in [3.05, 3.63) is 79.6 Å². The van der Waals surface area contributed by atoms with Gasteiger partial charge in [0.15, 0.2) is 10.7 Å². The largest absolute Gasteiger partial charge is 0.422 e. The molecule has 1 N–H and O–H groups in total. The van der Waals surface area contributed by atoms with E-state index in [2.05, 4.69) is 31.4 Å². The molecule has 0 atom stereocenters. The van der Waals surface area contributed by atoms with Crippen LogP contribution < -0.4 is 11.1 Å². The first-order valence-corrected chi connectivity index (χ1v) is 9.90. The number of hydrazone groups is 1. The highest BCUT2D eigenvalue weighted by molar-refractivity contribution is 9.10. The second-order valence-corrected chi connectivity index (χ2v) is 7.63. The van der Waals surface area contributed by atoms with Crippen LogP contribution in [0, 0.1) is 17.1 Å². The maximum atomic E-state index is 13.0. The number of nitriles is 1. The monoisotopic (exact) mass is 468 g/mol. The fourth-order valence-electron chi connectivity index (χ4n) is 2.54. The van der Waals surface area contributed by atoms with Crippen LogP contribution in [0.25, 0.3) is 22.2 Å². The molecule has 4 aromatic rings. The molecule has 0 spiro atoms. The summed E-state index contributed by atoms with van der Waals surface area (Å²) in [6, 6.07) is 14.6. The molecular formula is C20H10BrFN4O2S. The van der Waals surface area contributed by atoms with Crippen molar-refractivity contribution < 1.29 is 8.81 Å². The third kappa shape index (κ3) is 4.08. The van der Waals surface area contributed by atoms with E-state index in [9.17, 15) is 14.4 Å². The molecule has 4 rings (SSSR count). The molecule has 0 aliphatic heterocycles. The molecule has 0 aliphatic rings. The molecule has 0 radical (unpaired) electrons. The number of nitrogens with one attached hydrogen (secondary N) is 1. The predicted octanol–water partition coefficient (Wildman–Crippen LogP) is 5.16. The second kappa shape index (κ2) is 7.95. The minimum atomic E-state index is -0.517. The molecule has 9 heteroatoms. The molecule has 6 nitrogen and oxygen atoms in total. The van der Waals surface area contributed by atoms with Gasteiger partial charge in [-0.1, -0.05) is 15.9 Å². The molecule has 2 heterocycles. The van der Waals surface area contributed by atoms with Crippen molar-refractivity contribution in [2.24, 2.45) is 5.10 Å². The third-order valence-corrected chi connectivity index (χ3v) is 5.27. The number of hydrogen-bond acceptors (Lipinski definition) is 7. The summed E-state index contributed by atoms with van der Waals surface area (Å²) in [5, 5.41) is 16.2. The molecule has 0 bridgehead atoms. The molecule has 0 saturated carbocycles. The fraction of sp³-hybridized carbons (Fsp3) is 0. The molecule has 2 aromatic heterocycles. The van der Waals surface area contributed by atoms with Gasteiger partial charge in [0.2, 0.25) is 0 Å². The zero-order chi connectivity index (χ0) is 20.4. The average molecular weight is 469 g/mol. The van der Waals surface area contributed by atoms with E-state index >= 15 is 0 Å². The highest BCUT2D eigenvalue weighted by Gasteiger charge is 2.15. The van der Waals surface area contributed by atoms with Crippen molar-refractivity contribution in [1.82, 2.24) is 4.98 Å². The smallest absolute Gasteiger partial charge is 0.345 e. The highest BCUT2D eigenvalue weighted by Crippen LogP contribution is 2.25. The number of benzene rings is 2. The Balaban J connectivity index is 1.66. The van der Waals surface area contributed by atoms with Gasteiger partial charge in [-0.05, 0) is 48.5 Å². The third-order valence-electron chi connectivity index (χ3n) is 3.92. The Kier molecular flexibility index (Phi) is 5.20. The second-order valence-electron chi connectivity index (χ2n) is 5.86. The molecule has 0 fully saturated rings. The summed E-state index contributed by atoms with van der Waals surface area (Å²) in [6.07, 6.45) is 0. The normalized spacial score (nSPS) is 11.4. The van der Waals surface area contributed by atoms with Gasteiger partial charge in [0.25, 0.3) is 0 Å². The Morgan fingerprint density at radius 3 is 2.79 bits per heavy atom. The number of anilines is 1. The lowest BCUT2D eigenvalue weighted by Gasteiger charge is -2.01. The van der Waals surface area contributed by atoms with Crippen molar-refractivity contribution in [3.8, 4) is 17.3 Å². The Hall–Kier alpha value is -3.35. The lowest BCUT2D eigenvalue weighted by atomic mass is 10.1. The van der Waals surface area contributed by atoms with Crippen LogP contribution in [-0.2, 0) is 0 Å². The van der Waals surface area contributed by atoms with Crippen LogP contribution >= 0.6 is 27.3 Å². The predicted molar refractivity (Wildman–Crippen MR) is 113 cm³/mol. The number of fused-ring (bicyclic) bond motifs is 1. The quantitative estimate of drug-likeness (QED) is 0.253. The van der Waals surface area contributed by atoms with Gasteiger partial charge < -0.3 is 4.42 Å². The van der Waals surface area contributed by atoms with Crippen LogP contribution in [0.15, 0.2) is 72.7 Å². The van der Waals surface area contributed by atoms with Crippen LogP contribution in [0.5, 0.6) is 0 Å². The van der Waals surface area contributed by atoms with E-state index in [1.54, 1.807) is 23.6 Å². The number of thiazole rings is 1. The van der Waals surface area contributed by atoms with E-state index in [-0.39, 0.29) is 11.5 Å². The number of nitrogens with zero attached hydrogens (tertiary/aromatic N) is 3. The summed E-state index contributed by atoms with van der Waals surface area (Å²) in [5.74, 6) is -0.370. The first-order valence-electron chi connectivity index (χ1n) is 8.22. The van der Waals surface area contributed by atoms with E-state index in [0.717, 1.165) is 9.86 Å². The first-order chi connectivity index (χ1) is 14.0. The lowest BCUT2D eigenvalue weighted by molar-refractivity contribution is 0.563. The minimum absolute atomic E-state index is 0.0403. The van der Waals surface area contributed by atoms with Gasteiger partial charge in [0, 0.05) is 15.2 Å². The molecular weight excluding hydrogens is 459 g/mol. The minimum Gasteiger partial charge on any atom is -0.422 e. The summed E-state index contributed by atoms with van der Waals surface area (Å²) >= 11 is 4.57. The van der Waals surface area contributed by atoms with Crippen LogP contribution in [-0.4, -0.2) is 10.7 Å². The zero-order valence-electron chi connectivity index (χ0n) is 14.5. The van der Waals surface area contributed by atoms with E-state index in [0.29, 0.717) is 27.5 Å². The number of hydrogen-bond donors (Lipinski definition) is 1. The Bertz CT molecular complexity index is 1340. The molecule has 2 aromatic carbocycles. The van der Waals surface area contributed by atoms with Crippen LogP contribution in [0.1, 0.15) is 5.01 Å².